The number of rotatable bonds is 7. The maximum absolute atomic E-state index is 12.5. The minimum atomic E-state index is -3.78. The maximum Gasteiger partial charge on any atom is 0.377 e. The molecule has 0 saturated carbocycles. The topological polar surface area (TPSA) is 46.5 Å². The highest BCUT2D eigenvalue weighted by Gasteiger charge is 2.39. The zero-order valence-corrected chi connectivity index (χ0v) is 8.94. The number of alkyl halides is 2. The summed E-state index contributed by atoms with van der Waals surface area (Å²) < 4.78 is 29.5. The van der Waals surface area contributed by atoms with E-state index in [4.69, 9.17) is 5.11 Å². The van der Waals surface area contributed by atoms with Crippen molar-refractivity contribution in [1.82, 2.24) is 0 Å². The van der Waals surface area contributed by atoms with Gasteiger partial charge in [0.15, 0.2) is 0 Å². The largest absolute Gasteiger partial charge is 0.477 e. The Morgan fingerprint density at radius 3 is 2.64 bits per heavy atom. The molecule has 1 N–H and O–H groups in total. The lowest BCUT2D eigenvalue weighted by atomic mass is 10.2. The van der Waals surface area contributed by atoms with Gasteiger partial charge in [-0.25, -0.2) is 4.79 Å². The first-order valence-electron chi connectivity index (χ1n) is 4.08. The van der Waals surface area contributed by atoms with Crippen molar-refractivity contribution in [3.8, 4) is 0 Å². The lowest BCUT2D eigenvalue weighted by molar-refractivity contribution is -0.173. The van der Waals surface area contributed by atoms with Crippen molar-refractivity contribution in [1.29, 1.82) is 0 Å². The third-order valence-corrected chi connectivity index (χ3v) is 2.35. The van der Waals surface area contributed by atoms with Crippen LogP contribution in [0.5, 0.6) is 0 Å². The van der Waals surface area contributed by atoms with Crippen molar-refractivity contribution < 1.29 is 23.4 Å². The molecule has 0 aromatic rings. The lowest BCUT2D eigenvalue weighted by Crippen LogP contribution is -2.34. The van der Waals surface area contributed by atoms with Gasteiger partial charge in [-0.15, -0.1) is 0 Å². The van der Waals surface area contributed by atoms with Crippen LogP contribution in [-0.2, 0) is 9.53 Å². The summed E-state index contributed by atoms with van der Waals surface area (Å²) in [7, 11) is 0. The van der Waals surface area contributed by atoms with Crippen LogP contribution in [0.4, 0.5) is 8.78 Å². The smallest absolute Gasteiger partial charge is 0.377 e. The van der Waals surface area contributed by atoms with Gasteiger partial charge in [-0.2, -0.15) is 20.5 Å². The average molecular weight is 228 g/mol. The number of halogens is 2. The molecular formula is C8H14F2O3S. The predicted octanol–water partition coefficient (Wildman–Crippen LogP) is 1.72. The Labute approximate surface area is 85.8 Å². The van der Waals surface area contributed by atoms with Gasteiger partial charge in [-0.05, 0) is 17.9 Å². The molecule has 0 spiro atoms. The molecule has 0 radical (unpaired) electrons. The van der Waals surface area contributed by atoms with Crippen molar-refractivity contribution in [2.75, 3.05) is 25.2 Å². The molecule has 0 bridgehead atoms. The van der Waals surface area contributed by atoms with E-state index in [1.807, 2.05) is 13.2 Å². The second kappa shape index (κ2) is 6.19. The number of carbonyl (C=O) groups is 1. The fourth-order valence-corrected chi connectivity index (χ4v) is 1.45. The maximum atomic E-state index is 12.5. The molecule has 14 heavy (non-hydrogen) atoms. The van der Waals surface area contributed by atoms with Gasteiger partial charge in [0, 0.05) is 0 Å². The summed E-state index contributed by atoms with van der Waals surface area (Å²) in [5.74, 6) is -4.97. The Morgan fingerprint density at radius 1 is 1.64 bits per heavy atom. The van der Waals surface area contributed by atoms with Crippen LogP contribution in [0.15, 0.2) is 0 Å². The normalized spacial score (nSPS) is 14.0. The summed E-state index contributed by atoms with van der Waals surface area (Å²) in [5.41, 5.74) is 0. The summed E-state index contributed by atoms with van der Waals surface area (Å²) in [4.78, 5) is 9.99. The van der Waals surface area contributed by atoms with Crippen LogP contribution >= 0.6 is 11.8 Å². The summed E-state index contributed by atoms with van der Waals surface area (Å²) >= 11 is 1.59. The molecule has 0 fully saturated rings. The predicted molar refractivity (Wildman–Crippen MR) is 50.9 cm³/mol. The summed E-state index contributed by atoms with van der Waals surface area (Å²) in [5, 5.41) is 8.08. The van der Waals surface area contributed by atoms with Crippen molar-refractivity contribution in [2.24, 2.45) is 5.92 Å². The first-order valence-corrected chi connectivity index (χ1v) is 5.47. The Balaban J connectivity index is 3.68. The van der Waals surface area contributed by atoms with E-state index < -0.39 is 18.5 Å². The minimum absolute atomic E-state index is 0.148. The molecule has 0 aliphatic heterocycles. The third kappa shape index (κ3) is 5.39. The summed E-state index contributed by atoms with van der Waals surface area (Å²) in [6, 6.07) is 0. The van der Waals surface area contributed by atoms with Crippen molar-refractivity contribution in [3.05, 3.63) is 0 Å². The highest BCUT2D eigenvalue weighted by Crippen LogP contribution is 2.14. The number of carboxylic acids is 1. The summed E-state index contributed by atoms with van der Waals surface area (Å²) in [6.45, 7) is 0.959. The molecule has 0 aliphatic rings. The highest BCUT2D eigenvalue weighted by molar-refractivity contribution is 7.98. The van der Waals surface area contributed by atoms with E-state index in [0.717, 1.165) is 5.75 Å². The number of hydrogen-bond donors (Lipinski definition) is 1. The molecule has 0 aliphatic carbocycles. The monoisotopic (exact) mass is 228 g/mol. The fraction of sp³-hybridized carbons (Fsp3) is 0.875. The number of carboxylic acid groups (broad SMARTS) is 1. The van der Waals surface area contributed by atoms with Crippen LogP contribution < -0.4 is 0 Å². The van der Waals surface area contributed by atoms with Crippen molar-refractivity contribution in [3.63, 3.8) is 0 Å². The molecule has 3 nitrogen and oxygen atoms in total. The Hall–Kier alpha value is -0.360. The van der Waals surface area contributed by atoms with Crippen LogP contribution in [0.2, 0.25) is 0 Å². The SMILES string of the molecule is CSCC(C)COCC(F)(F)C(=O)O. The molecule has 0 rings (SSSR count). The molecule has 0 aromatic carbocycles. The molecule has 0 heterocycles. The van der Waals surface area contributed by atoms with Gasteiger partial charge < -0.3 is 9.84 Å². The van der Waals surface area contributed by atoms with E-state index in [1.165, 1.54) is 0 Å². The number of aliphatic carboxylic acids is 1. The van der Waals surface area contributed by atoms with Gasteiger partial charge in [0.1, 0.15) is 6.61 Å². The molecule has 1 unspecified atom stereocenters. The third-order valence-electron chi connectivity index (χ3n) is 1.45. The quantitative estimate of drug-likeness (QED) is 0.720. The Kier molecular flexibility index (Phi) is 6.03. The zero-order valence-electron chi connectivity index (χ0n) is 8.13. The minimum Gasteiger partial charge on any atom is -0.477 e. The van der Waals surface area contributed by atoms with Crippen molar-refractivity contribution >= 4 is 17.7 Å². The van der Waals surface area contributed by atoms with E-state index >= 15 is 0 Å². The Bertz CT molecular complexity index is 187. The second-order valence-electron chi connectivity index (χ2n) is 3.09. The second-order valence-corrected chi connectivity index (χ2v) is 4.00. The molecule has 6 heteroatoms. The van der Waals surface area contributed by atoms with Crippen LogP contribution in [0.1, 0.15) is 6.92 Å². The average Bonchev–Trinajstić information content (AvgIpc) is 2.04. The van der Waals surface area contributed by atoms with E-state index in [1.54, 1.807) is 11.8 Å². The van der Waals surface area contributed by atoms with E-state index in [0.29, 0.717) is 0 Å². The van der Waals surface area contributed by atoms with Gasteiger partial charge in [-0.1, -0.05) is 6.92 Å². The first kappa shape index (κ1) is 13.6. The van der Waals surface area contributed by atoms with Gasteiger partial charge in [0.25, 0.3) is 0 Å². The summed E-state index contributed by atoms with van der Waals surface area (Å²) in [6.07, 6.45) is 1.91. The molecule has 0 aromatic heterocycles. The van der Waals surface area contributed by atoms with Crippen molar-refractivity contribution in [2.45, 2.75) is 12.8 Å². The number of thioether (sulfide) groups is 1. The van der Waals surface area contributed by atoms with E-state index in [2.05, 4.69) is 4.74 Å². The molecular weight excluding hydrogens is 214 g/mol. The van der Waals surface area contributed by atoms with Gasteiger partial charge in [0.2, 0.25) is 0 Å². The molecule has 84 valence electrons. The number of ether oxygens (including phenoxy) is 1. The lowest BCUT2D eigenvalue weighted by Gasteiger charge is -2.14. The standard InChI is InChI=1S/C8H14F2O3S/c1-6(4-14-2)3-13-5-8(9,10)7(11)12/h6H,3-5H2,1-2H3,(H,11,12). The van der Waals surface area contributed by atoms with Crippen LogP contribution in [0.25, 0.3) is 0 Å². The first-order chi connectivity index (χ1) is 6.40. The molecule has 0 saturated heterocycles. The van der Waals surface area contributed by atoms with Crippen LogP contribution in [0.3, 0.4) is 0 Å². The van der Waals surface area contributed by atoms with Crippen LogP contribution in [-0.4, -0.2) is 42.2 Å². The van der Waals surface area contributed by atoms with Gasteiger partial charge in [-0.3, -0.25) is 0 Å². The number of hydrogen-bond acceptors (Lipinski definition) is 3. The highest BCUT2D eigenvalue weighted by atomic mass is 32.2. The zero-order chi connectivity index (χ0) is 11.2. The molecule has 0 amide bonds. The van der Waals surface area contributed by atoms with Crippen LogP contribution in [0, 0.1) is 5.92 Å². The van der Waals surface area contributed by atoms with Gasteiger partial charge >= 0.3 is 11.9 Å². The van der Waals surface area contributed by atoms with Gasteiger partial charge in [0.05, 0.1) is 6.61 Å². The van der Waals surface area contributed by atoms with E-state index in [-0.39, 0.29) is 12.5 Å². The Morgan fingerprint density at radius 2 is 2.21 bits per heavy atom. The molecule has 1 atom stereocenters. The van der Waals surface area contributed by atoms with E-state index in [9.17, 15) is 13.6 Å². The fourth-order valence-electron chi connectivity index (χ4n) is 0.783.